The SMILES string of the molecule is COc1cccc([C@@H]2[C@H]3CN(C(N)=O)CC=C3C(C#N)=C(N)C2(C#N)C#N)c1. The number of nitrogens with two attached hydrogens (primary N) is 2. The van der Waals surface area contributed by atoms with Gasteiger partial charge in [0.05, 0.1) is 30.5 Å². The predicted molar refractivity (Wildman–Crippen MR) is 98.9 cm³/mol. The molecule has 1 aliphatic carbocycles. The van der Waals surface area contributed by atoms with E-state index >= 15 is 0 Å². The summed E-state index contributed by atoms with van der Waals surface area (Å²) in [5.74, 6) is -0.637. The van der Waals surface area contributed by atoms with Crippen molar-refractivity contribution in [1.29, 1.82) is 15.8 Å². The van der Waals surface area contributed by atoms with Gasteiger partial charge < -0.3 is 21.1 Å². The molecule has 4 N–H and O–H groups in total. The molecule has 0 saturated carbocycles. The van der Waals surface area contributed by atoms with Crippen molar-refractivity contribution in [3.05, 3.63) is 52.7 Å². The molecule has 0 spiro atoms. The van der Waals surface area contributed by atoms with Gasteiger partial charge in [-0.05, 0) is 23.3 Å². The number of amides is 2. The first-order valence-corrected chi connectivity index (χ1v) is 8.55. The number of methoxy groups -OCH3 is 1. The number of nitrogens with zero attached hydrogens (tertiary/aromatic N) is 4. The van der Waals surface area contributed by atoms with Crippen LogP contribution in [0.5, 0.6) is 5.75 Å². The van der Waals surface area contributed by atoms with E-state index in [1.165, 1.54) is 12.0 Å². The van der Waals surface area contributed by atoms with Crippen LogP contribution in [0.2, 0.25) is 0 Å². The van der Waals surface area contributed by atoms with Crippen molar-refractivity contribution >= 4 is 6.03 Å². The second kappa shape index (κ2) is 6.98. The number of urea groups is 1. The van der Waals surface area contributed by atoms with Gasteiger partial charge in [0, 0.05) is 24.9 Å². The maximum absolute atomic E-state index is 11.8. The Morgan fingerprint density at radius 1 is 1.32 bits per heavy atom. The van der Waals surface area contributed by atoms with Gasteiger partial charge in [-0.15, -0.1) is 0 Å². The third kappa shape index (κ3) is 2.62. The topological polar surface area (TPSA) is 153 Å². The maximum Gasteiger partial charge on any atom is 0.315 e. The molecule has 2 atom stereocenters. The normalized spacial score (nSPS) is 22.8. The number of rotatable bonds is 2. The van der Waals surface area contributed by atoms with Gasteiger partial charge in [-0.1, -0.05) is 18.2 Å². The first kappa shape index (κ1) is 18.8. The predicted octanol–water partition coefficient (Wildman–Crippen LogP) is 1.50. The Labute approximate surface area is 162 Å². The van der Waals surface area contributed by atoms with Gasteiger partial charge in [0.2, 0.25) is 0 Å². The Balaban J connectivity index is 2.31. The summed E-state index contributed by atoms with van der Waals surface area (Å²) in [5.41, 5.74) is 11.3. The zero-order valence-electron chi connectivity index (χ0n) is 15.2. The Morgan fingerprint density at radius 2 is 2.04 bits per heavy atom. The largest absolute Gasteiger partial charge is 0.497 e. The van der Waals surface area contributed by atoms with Crippen LogP contribution in [0.15, 0.2) is 47.2 Å². The van der Waals surface area contributed by atoms with Gasteiger partial charge in [0.1, 0.15) is 11.8 Å². The minimum absolute atomic E-state index is 0.0668. The Kier molecular flexibility index (Phi) is 4.69. The van der Waals surface area contributed by atoms with E-state index in [1.54, 1.807) is 30.3 Å². The molecule has 0 bridgehead atoms. The number of carbonyl (C=O) groups excluding carboxylic acids is 1. The third-order valence-corrected chi connectivity index (χ3v) is 5.43. The average molecular weight is 374 g/mol. The standard InChI is InChI=1S/C20H18N6O2/c1-28-13-4-2-3-12(7-13)17-16-9-26(19(25)27)6-5-14(16)15(8-21)18(24)20(17,10-22)11-23/h2-5,7,16-17H,6,9,24H2,1H3,(H2,25,27)/t16-,17+/m0/s1. The number of hydrogen-bond acceptors (Lipinski definition) is 6. The molecule has 140 valence electrons. The van der Waals surface area contributed by atoms with Gasteiger partial charge in [-0.3, -0.25) is 0 Å². The number of ether oxygens (including phenoxy) is 1. The molecule has 0 fully saturated rings. The van der Waals surface area contributed by atoms with E-state index in [1.807, 2.05) is 18.2 Å². The van der Waals surface area contributed by atoms with Gasteiger partial charge >= 0.3 is 6.03 Å². The number of hydrogen-bond donors (Lipinski definition) is 2. The molecule has 8 heteroatoms. The van der Waals surface area contributed by atoms with E-state index < -0.39 is 23.3 Å². The lowest BCUT2D eigenvalue weighted by molar-refractivity contribution is 0.190. The summed E-state index contributed by atoms with van der Waals surface area (Å²) < 4.78 is 5.29. The van der Waals surface area contributed by atoms with E-state index in [4.69, 9.17) is 16.2 Å². The molecule has 0 saturated heterocycles. The number of fused-ring (bicyclic) bond motifs is 1. The van der Waals surface area contributed by atoms with Crippen LogP contribution < -0.4 is 16.2 Å². The number of benzene rings is 1. The van der Waals surface area contributed by atoms with Gasteiger partial charge in [0.25, 0.3) is 0 Å². The third-order valence-electron chi connectivity index (χ3n) is 5.43. The van der Waals surface area contributed by atoms with Crippen LogP contribution in [0.1, 0.15) is 11.5 Å². The second-order valence-corrected chi connectivity index (χ2v) is 6.70. The molecule has 2 amide bonds. The Bertz CT molecular complexity index is 1010. The van der Waals surface area contributed by atoms with Crippen LogP contribution in [0.4, 0.5) is 4.79 Å². The summed E-state index contributed by atoms with van der Waals surface area (Å²) in [5, 5.41) is 29.7. The molecule has 1 aromatic carbocycles. The van der Waals surface area contributed by atoms with Crippen molar-refractivity contribution in [3.63, 3.8) is 0 Å². The lowest BCUT2D eigenvalue weighted by atomic mass is 9.58. The number of carbonyl (C=O) groups is 1. The minimum atomic E-state index is -1.76. The highest BCUT2D eigenvalue weighted by molar-refractivity contribution is 5.73. The quantitative estimate of drug-likeness (QED) is 0.800. The molecular formula is C20H18N6O2. The molecular weight excluding hydrogens is 356 g/mol. The van der Waals surface area contributed by atoms with Crippen molar-refractivity contribution in [2.75, 3.05) is 20.2 Å². The molecule has 0 radical (unpaired) electrons. The highest BCUT2D eigenvalue weighted by Gasteiger charge is 2.54. The van der Waals surface area contributed by atoms with Crippen LogP contribution in [-0.2, 0) is 0 Å². The fourth-order valence-corrected chi connectivity index (χ4v) is 4.07. The van der Waals surface area contributed by atoms with Gasteiger partial charge in [-0.2, -0.15) is 15.8 Å². The smallest absolute Gasteiger partial charge is 0.315 e. The molecule has 0 unspecified atom stereocenters. The summed E-state index contributed by atoms with van der Waals surface area (Å²) in [6.45, 7) is 0.406. The summed E-state index contributed by atoms with van der Waals surface area (Å²) in [7, 11) is 1.52. The first-order valence-electron chi connectivity index (χ1n) is 8.55. The highest BCUT2D eigenvalue weighted by atomic mass is 16.5. The Morgan fingerprint density at radius 3 is 2.61 bits per heavy atom. The molecule has 0 aromatic heterocycles. The molecule has 28 heavy (non-hydrogen) atoms. The van der Waals surface area contributed by atoms with Crippen molar-refractivity contribution < 1.29 is 9.53 Å². The van der Waals surface area contributed by atoms with Gasteiger partial charge in [0.15, 0.2) is 5.41 Å². The van der Waals surface area contributed by atoms with Crippen molar-refractivity contribution in [3.8, 4) is 24.0 Å². The van der Waals surface area contributed by atoms with Crippen LogP contribution in [-0.4, -0.2) is 31.1 Å². The van der Waals surface area contributed by atoms with Crippen molar-refractivity contribution in [2.24, 2.45) is 22.8 Å². The minimum Gasteiger partial charge on any atom is -0.497 e. The zero-order valence-corrected chi connectivity index (χ0v) is 15.2. The van der Waals surface area contributed by atoms with Crippen LogP contribution in [0.3, 0.4) is 0 Å². The fraction of sp³-hybridized carbons (Fsp3) is 0.300. The van der Waals surface area contributed by atoms with E-state index in [-0.39, 0.29) is 24.4 Å². The second-order valence-electron chi connectivity index (χ2n) is 6.70. The zero-order chi connectivity index (χ0) is 20.5. The lowest BCUT2D eigenvalue weighted by Gasteiger charge is -2.45. The van der Waals surface area contributed by atoms with Gasteiger partial charge in [-0.25, -0.2) is 4.79 Å². The van der Waals surface area contributed by atoms with E-state index in [2.05, 4.69) is 0 Å². The molecule has 3 rings (SSSR count). The molecule has 1 aromatic rings. The molecule has 8 nitrogen and oxygen atoms in total. The summed E-state index contributed by atoms with van der Waals surface area (Å²) >= 11 is 0. The molecule has 1 heterocycles. The highest BCUT2D eigenvalue weighted by Crippen LogP contribution is 2.54. The molecule has 1 aliphatic heterocycles. The van der Waals surface area contributed by atoms with Crippen LogP contribution in [0, 0.1) is 45.3 Å². The number of nitriles is 3. The van der Waals surface area contributed by atoms with Crippen LogP contribution >= 0.6 is 0 Å². The first-order chi connectivity index (χ1) is 13.4. The molecule has 2 aliphatic rings. The number of primary amides is 1. The van der Waals surface area contributed by atoms with Crippen molar-refractivity contribution in [2.45, 2.75) is 5.92 Å². The van der Waals surface area contributed by atoms with Crippen molar-refractivity contribution in [1.82, 2.24) is 4.90 Å². The lowest BCUT2D eigenvalue weighted by Crippen LogP contribution is -2.50. The van der Waals surface area contributed by atoms with E-state index in [9.17, 15) is 20.6 Å². The maximum atomic E-state index is 11.8. The van der Waals surface area contributed by atoms with E-state index in [0.29, 0.717) is 16.9 Å². The monoisotopic (exact) mass is 374 g/mol. The number of allylic oxidation sites excluding steroid dienone is 2. The fourth-order valence-electron chi connectivity index (χ4n) is 4.07. The average Bonchev–Trinajstić information content (AvgIpc) is 2.72. The van der Waals surface area contributed by atoms with Crippen LogP contribution in [0.25, 0.3) is 0 Å². The summed E-state index contributed by atoms with van der Waals surface area (Å²) in [6.07, 6.45) is 1.72. The Hall–Kier alpha value is -3.96. The summed E-state index contributed by atoms with van der Waals surface area (Å²) in [4.78, 5) is 13.2. The summed E-state index contributed by atoms with van der Waals surface area (Å²) in [6, 6.07) is 12.5. The van der Waals surface area contributed by atoms with E-state index in [0.717, 1.165) is 0 Å².